The SMILES string of the molecule is CCN(CC)CC(=O)N1CCc2cc(OC)c(Nc3nc(Nc4cccc(F)c4C(=O)NC)c4cc[nH]c4n3)cc21. The molecule has 2 aromatic heterocycles. The van der Waals surface area contributed by atoms with E-state index in [1.54, 1.807) is 25.4 Å². The number of ether oxygens (including phenoxy) is 1. The summed E-state index contributed by atoms with van der Waals surface area (Å²) < 4.78 is 20.3. The molecule has 2 aromatic carbocycles. The van der Waals surface area contributed by atoms with Gasteiger partial charge in [-0.3, -0.25) is 14.5 Å². The summed E-state index contributed by atoms with van der Waals surface area (Å²) >= 11 is 0. The van der Waals surface area contributed by atoms with E-state index in [-0.39, 0.29) is 23.1 Å². The van der Waals surface area contributed by atoms with Gasteiger partial charge < -0.3 is 30.6 Å². The summed E-state index contributed by atoms with van der Waals surface area (Å²) in [6.07, 6.45) is 2.45. The van der Waals surface area contributed by atoms with Crippen LogP contribution in [0.2, 0.25) is 0 Å². The zero-order valence-electron chi connectivity index (χ0n) is 23.5. The number of aromatic nitrogens is 3. The van der Waals surface area contributed by atoms with Crippen molar-refractivity contribution in [3.63, 3.8) is 0 Å². The van der Waals surface area contributed by atoms with E-state index in [1.165, 1.54) is 19.2 Å². The van der Waals surface area contributed by atoms with Gasteiger partial charge in [0.05, 0.1) is 36.0 Å². The van der Waals surface area contributed by atoms with Crippen molar-refractivity contribution in [2.75, 3.05) is 55.9 Å². The molecule has 4 aromatic rings. The number of nitrogens with one attached hydrogen (secondary N) is 4. The Kier molecular flexibility index (Phi) is 8.02. The minimum atomic E-state index is -0.657. The number of anilines is 5. The highest BCUT2D eigenvalue weighted by atomic mass is 19.1. The van der Waals surface area contributed by atoms with Crippen LogP contribution in [0.25, 0.3) is 11.0 Å². The van der Waals surface area contributed by atoms with Crippen LogP contribution in [-0.4, -0.2) is 72.0 Å². The van der Waals surface area contributed by atoms with Crippen LogP contribution in [0.1, 0.15) is 29.8 Å². The molecule has 41 heavy (non-hydrogen) atoms. The number of rotatable bonds is 10. The number of halogens is 1. The van der Waals surface area contributed by atoms with E-state index in [9.17, 15) is 14.0 Å². The third kappa shape index (κ3) is 5.50. The van der Waals surface area contributed by atoms with Crippen LogP contribution in [0.3, 0.4) is 0 Å². The van der Waals surface area contributed by atoms with E-state index in [2.05, 4.69) is 35.8 Å². The van der Waals surface area contributed by atoms with Gasteiger partial charge in [-0.1, -0.05) is 19.9 Å². The van der Waals surface area contributed by atoms with Crippen molar-refractivity contribution in [3.8, 4) is 5.75 Å². The van der Waals surface area contributed by atoms with Gasteiger partial charge in [0.2, 0.25) is 11.9 Å². The third-order valence-corrected chi connectivity index (χ3v) is 7.23. The molecule has 0 bridgehead atoms. The van der Waals surface area contributed by atoms with Crippen molar-refractivity contribution in [3.05, 3.63) is 59.5 Å². The van der Waals surface area contributed by atoms with E-state index in [4.69, 9.17) is 4.74 Å². The summed E-state index contributed by atoms with van der Waals surface area (Å²) in [5, 5.41) is 9.46. The van der Waals surface area contributed by atoms with Gasteiger partial charge in [0.1, 0.15) is 23.0 Å². The number of hydrogen-bond donors (Lipinski definition) is 4. The number of likely N-dealkylation sites (N-methyl/N-ethyl adjacent to an activating group) is 1. The number of methoxy groups -OCH3 is 1. The molecule has 0 saturated carbocycles. The summed E-state index contributed by atoms with van der Waals surface area (Å²) in [6, 6.07) is 9.95. The standard InChI is InChI=1S/C29H33FN8O3/c1-5-37(6-2)16-24(39)38-13-11-17-14-23(41-4)21(15-22(17)38)34-29-35-26-18(10-12-32-26)27(36-29)33-20-9-7-8-19(30)25(20)28(40)31-3/h7-10,12,14-15H,5-6,11,13,16H2,1-4H3,(H,31,40)(H3,32,33,34,35,36). The number of amides is 2. The molecular formula is C29H33FN8O3. The molecule has 5 rings (SSSR count). The number of hydrogen-bond acceptors (Lipinski definition) is 8. The van der Waals surface area contributed by atoms with Gasteiger partial charge in [-0.15, -0.1) is 0 Å². The first-order chi connectivity index (χ1) is 19.9. The van der Waals surface area contributed by atoms with Gasteiger partial charge in [-0.05, 0) is 55.4 Å². The molecule has 0 radical (unpaired) electrons. The number of H-pyrrole nitrogens is 1. The first-order valence-electron chi connectivity index (χ1n) is 13.5. The van der Waals surface area contributed by atoms with Gasteiger partial charge in [0.15, 0.2) is 0 Å². The number of benzene rings is 2. The maximum absolute atomic E-state index is 14.6. The molecule has 3 heterocycles. The Morgan fingerprint density at radius 3 is 2.66 bits per heavy atom. The molecule has 2 amide bonds. The molecule has 1 aliphatic heterocycles. The summed E-state index contributed by atoms with van der Waals surface area (Å²) in [6.45, 7) is 6.63. The maximum atomic E-state index is 14.6. The highest BCUT2D eigenvalue weighted by molar-refractivity contribution is 6.02. The first-order valence-corrected chi connectivity index (χ1v) is 13.5. The Morgan fingerprint density at radius 1 is 1.12 bits per heavy atom. The Bertz CT molecular complexity index is 1600. The monoisotopic (exact) mass is 560 g/mol. The number of fused-ring (bicyclic) bond motifs is 2. The zero-order chi connectivity index (χ0) is 29.1. The molecule has 0 atom stereocenters. The lowest BCUT2D eigenvalue weighted by Crippen LogP contribution is -2.39. The number of carbonyl (C=O) groups is 2. The highest BCUT2D eigenvalue weighted by Gasteiger charge is 2.28. The lowest BCUT2D eigenvalue weighted by atomic mass is 10.1. The summed E-state index contributed by atoms with van der Waals surface area (Å²) in [7, 11) is 3.02. The molecule has 12 heteroatoms. The summed E-state index contributed by atoms with van der Waals surface area (Å²) in [5.41, 5.74) is 3.09. The molecule has 11 nitrogen and oxygen atoms in total. The second-order valence-electron chi connectivity index (χ2n) is 9.57. The lowest BCUT2D eigenvalue weighted by molar-refractivity contribution is -0.119. The Morgan fingerprint density at radius 2 is 1.93 bits per heavy atom. The van der Waals surface area contributed by atoms with E-state index < -0.39 is 11.7 Å². The summed E-state index contributed by atoms with van der Waals surface area (Å²) in [4.78, 5) is 41.8. The second-order valence-corrected chi connectivity index (χ2v) is 9.57. The normalized spacial score (nSPS) is 12.5. The minimum absolute atomic E-state index is 0.0427. The van der Waals surface area contributed by atoms with Crippen molar-refractivity contribution in [2.24, 2.45) is 0 Å². The molecule has 4 N–H and O–H groups in total. The minimum Gasteiger partial charge on any atom is -0.495 e. The zero-order valence-corrected chi connectivity index (χ0v) is 23.5. The van der Waals surface area contributed by atoms with E-state index >= 15 is 0 Å². The van der Waals surface area contributed by atoms with Crippen LogP contribution in [0.15, 0.2) is 42.6 Å². The van der Waals surface area contributed by atoms with Crippen molar-refractivity contribution in [2.45, 2.75) is 20.3 Å². The topological polar surface area (TPSA) is 128 Å². The number of carbonyl (C=O) groups excluding carboxylic acids is 2. The number of nitrogens with zero attached hydrogens (tertiary/aromatic N) is 4. The van der Waals surface area contributed by atoms with Crippen LogP contribution >= 0.6 is 0 Å². The van der Waals surface area contributed by atoms with Crippen molar-refractivity contribution >= 4 is 51.7 Å². The second kappa shape index (κ2) is 11.8. The van der Waals surface area contributed by atoms with Gasteiger partial charge in [-0.2, -0.15) is 9.97 Å². The van der Waals surface area contributed by atoms with Gasteiger partial charge >= 0.3 is 0 Å². The molecule has 0 fully saturated rings. The lowest BCUT2D eigenvalue weighted by Gasteiger charge is -2.23. The predicted octanol–water partition coefficient (Wildman–Crippen LogP) is 4.18. The van der Waals surface area contributed by atoms with E-state index in [0.717, 1.165) is 30.8 Å². The van der Waals surface area contributed by atoms with Gasteiger partial charge in [0.25, 0.3) is 5.91 Å². The van der Waals surface area contributed by atoms with Crippen LogP contribution in [0.4, 0.5) is 33.2 Å². The largest absolute Gasteiger partial charge is 0.495 e. The first kappa shape index (κ1) is 27.8. The molecule has 0 aliphatic carbocycles. The quantitative estimate of drug-likeness (QED) is 0.228. The molecule has 214 valence electrons. The van der Waals surface area contributed by atoms with Gasteiger partial charge in [0, 0.05) is 25.5 Å². The van der Waals surface area contributed by atoms with Crippen LogP contribution in [-0.2, 0) is 11.2 Å². The fraction of sp³-hybridized carbons (Fsp3) is 0.310. The van der Waals surface area contributed by atoms with Crippen molar-refractivity contribution in [1.29, 1.82) is 0 Å². The van der Waals surface area contributed by atoms with E-state index in [0.29, 0.717) is 41.4 Å². The Balaban J connectivity index is 1.49. The average Bonchev–Trinajstić information content (AvgIpc) is 3.62. The van der Waals surface area contributed by atoms with Gasteiger partial charge in [-0.25, -0.2) is 4.39 Å². The third-order valence-electron chi connectivity index (χ3n) is 7.23. The fourth-order valence-corrected chi connectivity index (χ4v) is 4.99. The highest BCUT2D eigenvalue weighted by Crippen LogP contribution is 2.39. The molecular weight excluding hydrogens is 527 g/mol. The maximum Gasteiger partial charge on any atom is 0.256 e. The van der Waals surface area contributed by atoms with Crippen LogP contribution in [0, 0.1) is 5.82 Å². The van der Waals surface area contributed by atoms with E-state index in [1.807, 2.05) is 30.9 Å². The molecule has 1 aliphatic rings. The smallest absolute Gasteiger partial charge is 0.256 e. The van der Waals surface area contributed by atoms with Crippen LogP contribution < -0.4 is 25.6 Å². The van der Waals surface area contributed by atoms with Crippen LogP contribution in [0.5, 0.6) is 5.75 Å². The predicted molar refractivity (Wildman–Crippen MR) is 157 cm³/mol. The fourth-order valence-electron chi connectivity index (χ4n) is 4.99. The molecule has 0 unspecified atom stereocenters. The van der Waals surface area contributed by atoms with Crippen molar-refractivity contribution in [1.82, 2.24) is 25.2 Å². The summed E-state index contributed by atoms with van der Waals surface area (Å²) in [5.74, 6) is 0.00392. The Hall–Kier alpha value is -4.71. The number of aromatic amines is 1. The molecule has 0 spiro atoms. The Labute approximate surface area is 237 Å². The van der Waals surface area contributed by atoms with Crippen molar-refractivity contribution < 1.29 is 18.7 Å². The molecule has 0 saturated heterocycles. The average molecular weight is 561 g/mol.